The predicted octanol–water partition coefficient (Wildman–Crippen LogP) is 5.67. The zero-order valence-corrected chi connectivity index (χ0v) is 14.4. The van der Waals surface area contributed by atoms with Crippen LogP contribution in [0.5, 0.6) is 0 Å². The summed E-state index contributed by atoms with van der Waals surface area (Å²) in [6, 6.07) is 9.19. The number of nitrogens with zero attached hydrogens (tertiary/aromatic N) is 1. The largest absolute Gasteiger partial charge is 0.378 e. The van der Waals surface area contributed by atoms with Crippen molar-refractivity contribution in [1.82, 2.24) is 4.98 Å². The smallest absolute Gasteiger partial charge is 0.0900 e. The van der Waals surface area contributed by atoms with Gasteiger partial charge in [-0.25, -0.2) is 4.98 Å². The first-order chi connectivity index (χ1) is 10.1. The van der Waals surface area contributed by atoms with Gasteiger partial charge in [0.05, 0.1) is 16.7 Å². The molecule has 21 heavy (non-hydrogen) atoms. The summed E-state index contributed by atoms with van der Waals surface area (Å²) in [7, 11) is 0. The number of anilines is 1. The third-order valence-electron chi connectivity index (χ3n) is 3.74. The van der Waals surface area contributed by atoms with Crippen molar-refractivity contribution < 1.29 is 0 Å². The van der Waals surface area contributed by atoms with Crippen molar-refractivity contribution in [3.05, 3.63) is 45.4 Å². The lowest BCUT2D eigenvalue weighted by atomic mass is 10.1. The molecule has 1 atom stereocenters. The molecule has 1 N–H and O–H groups in total. The average Bonchev–Trinajstić information content (AvgIpc) is 2.80. The van der Waals surface area contributed by atoms with Crippen LogP contribution in [0.3, 0.4) is 0 Å². The second kappa shape index (κ2) is 7.60. The molecule has 0 saturated carbocycles. The number of hydrogen-bond donors (Lipinski definition) is 1. The van der Waals surface area contributed by atoms with Gasteiger partial charge >= 0.3 is 0 Å². The van der Waals surface area contributed by atoms with E-state index in [1.165, 1.54) is 41.8 Å². The Morgan fingerprint density at radius 2 is 1.86 bits per heavy atom. The molecule has 0 bridgehead atoms. The average molecular weight is 302 g/mol. The van der Waals surface area contributed by atoms with Crippen molar-refractivity contribution in [1.29, 1.82) is 0 Å². The molecule has 2 rings (SSSR count). The van der Waals surface area contributed by atoms with Gasteiger partial charge in [0, 0.05) is 10.6 Å². The number of hydrogen-bond acceptors (Lipinski definition) is 3. The first-order valence-corrected chi connectivity index (χ1v) is 8.71. The summed E-state index contributed by atoms with van der Waals surface area (Å²) in [4.78, 5) is 5.84. The number of aromatic nitrogens is 1. The van der Waals surface area contributed by atoms with E-state index >= 15 is 0 Å². The van der Waals surface area contributed by atoms with Crippen molar-refractivity contribution in [2.75, 3.05) is 5.32 Å². The van der Waals surface area contributed by atoms with Crippen LogP contribution in [0.1, 0.15) is 60.3 Å². The minimum atomic E-state index is 0.308. The minimum absolute atomic E-state index is 0.308. The van der Waals surface area contributed by atoms with Crippen molar-refractivity contribution in [3.8, 4) is 0 Å². The molecule has 2 nitrogen and oxygen atoms in total. The van der Waals surface area contributed by atoms with Gasteiger partial charge < -0.3 is 5.32 Å². The summed E-state index contributed by atoms with van der Waals surface area (Å²) in [6.45, 7) is 8.61. The van der Waals surface area contributed by atoms with Gasteiger partial charge in [-0.05, 0) is 51.3 Å². The van der Waals surface area contributed by atoms with Crippen molar-refractivity contribution in [3.63, 3.8) is 0 Å². The Labute approximate surface area is 132 Å². The number of unbranched alkanes of at least 4 members (excludes halogenated alkanes) is 2. The SMILES string of the molecule is CCCCCc1ccc(NC(C)c2sc(C)nc2C)cc1. The van der Waals surface area contributed by atoms with Crippen LogP contribution >= 0.6 is 11.3 Å². The zero-order chi connectivity index (χ0) is 15.2. The molecule has 1 heterocycles. The summed E-state index contributed by atoms with van der Waals surface area (Å²) in [5.41, 5.74) is 3.77. The van der Waals surface area contributed by atoms with Crippen molar-refractivity contribution in [2.45, 2.75) is 59.4 Å². The molecule has 0 spiro atoms. The van der Waals surface area contributed by atoms with Gasteiger partial charge in [-0.2, -0.15) is 0 Å². The van der Waals surface area contributed by atoms with E-state index in [9.17, 15) is 0 Å². The van der Waals surface area contributed by atoms with Crippen molar-refractivity contribution in [2.24, 2.45) is 0 Å². The van der Waals surface area contributed by atoms with Gasteiger partial charge in [-0.1, -0.05) is 31.9 Å². The van der Waals surface area contributed by atoms with Gasteiger partial charge in [0.2, 0.25) is 0 Å². The fourth-order valence-corrected chi connectivity index (χ4v) is 3.54. The third kappa shape index (κ3) is 4.57. The second-order valence-corrected chi connectivity index (χ2v) is 6.94. The summed E-state index contributed by atoms with van der Waals surface area (Å²) in [5.74, 6) is 0. The van der Waals surface area contributed by atoms with Crippen LogP contribution in [-0.2, 0) is 6.42 Å². The first kappa shape index (κ1) is 16.0. The summed E-state index contributed by atoms with van der Waals surface area (Å²) in [6.07, 6.45) is 5.08. The van der Waals surface area contributed by atoms with Crippen LogP contribution in [-0.4, -0.2) is 4.98 Å². The van der Waals surface area contributed by atoms with Crippen LogP contribution in [0, 0.1) is 13.8 Å². The van der Waals surface area contributed by atoms with Crippen LogP contribution in [0.15, 0.2) is 24.3 Å². The number of rotatable bonds is 7. The summed E-state index contributed by atoms with van der Waals surface area (Å²) >= 11 is 1.78. The second-order valence-electron chi connectivity index (χ2n) is 5.70. The predicted molar refractivity (Wildman–Crippen MR) is 93.3 cm³/mol. The lowest BCUT2D eigenvalue weighted by Gasteiger charge is -2.14. The maximum absolute atomic E-state index is 4.51. The molecule has 0 saturated heterocycles. The van der Waals surface area contributed by atoms with E-state index in [0.717, 1.165) is 10.7 Å². The zero-order valence-electron chi connectivity index (χ0n) is 13.6. The molecule has 114 valence electrons. The van der Waals surface area contributed by atoms with E-state index in [1.54, 1.807) is 11.3 Å². The molecule has 0 fully saturated rings. The van der Waals surface area contributed by atoms with E-state index in [1.807, 2.05) is 0 Å². The summed E-state index contributed by atoms with van der Waals surface area (Å²) < 4.78 is 0. The Kier molecular flexibility index (Phi) is 5.80. The fraction of sp³-hybridized carbons (Fsp3) is 0.500. The topological polar surface area (TPSA) is 24.9 Å². The highest BCUT2D eigenvalue weighted by molar-refractivity contribution is 7.11. The highest BCUT2D eigenvalue weighted by Gasteiger charge is 2.12. The monoisotopic (exact) mass is 302 g/mol. The Balaban J connectivity index is 1.95. The molecule has 2 aromatic rings. The van der Waals surface area contributed by atoms with E-state index in [2.05, 4.69) is 62.3 Å². The molecule has 1 unspecified atom stereocenters. The maximum atomic E-state index is 4.51. The highest BCUT2D eigenvalue weighted by atomic mass is 32.1. The van der Waals surface area contributed by atoms with E-state index in [4.69, 9.17) is 0 Å². The standard InChI is InChI=1S/C18H26N2S/c1-5-6-7-8-16-9-11-17(12-10-16)20-14(3)18-13(2)19-15(4)21-18/h9-12,14,20H,5-8H2,1-4H3. The normalized spacial score (nSPS) is 12.4. The fourth-order valence-electron chi connectivity index (χ4n) is 2.61. The highest BCUT2D eigenvalue weighted by Crippen LogP contribution is 2.27. The van der Waals surface area contributed by atoms with E-state index in [0.29, 0.717) is 6.04 Å². The number of thiazole rings is 1. The Hall–Kier alpha value is -1.35. The molecule has 3 heteroatoms. The van der Waals surface area contributed by atoms with Gasteiger partial charge in [0.25, 0.3) is 0 Å². The third-order valence-corrected chi connectivity index (χ3v) is 4.99. The lowest BCUT2D eigenvalue weighted by Crippen LogP contribution is -2.06. The first-order valence-electron chi connectivity index (χ1n) is 7.89. The molecule has 1 aromatic heterocycles. The molecule has 0 aliphatic heterocycles. The van der Waals surface area contributed by atoms with Crippen LogP contribution in [0.25, 0.3) is 0 Å². The molecule has 1 aromatic carbocycles. The maximum Gasteiger partial charge on any atom is 0.0900 e. The van der Waals surface area contributed by atoms with Crippen LogP contribution in [0.4, 0.5) is 5.69 Å². The van der Waals surface area contributed by atoms with Gasteiger partial charge in [0.1, 0.15) is 0 Å². The Bertz CT molecular complexity index is 557. The van der Waals surface area contributed by atoms with E-state index < -0.39 is 0 Å². The van der Waals surface area contributed by atoms with Crippen molar-refractivity contribution >= 4 is 17.0 Å². The van der Waals surface area contributed by atoms with Crippen LogP contribution in [0.2, 0.25) is 0 Å². The number of aryl methyl sites for hydroxylation is 3. The van der Waals surface area contributed by atoms with Crippen LogP contribution < -0.4 is 5.32 Å². The number of nitrogens with one attached hydrogen (secondary N) is 1. The number of benzene rings is 1. The van der Waals surface area contributed by atoms with Gasteiger partial charge in [0.15, 0.2) is 0 Å². The van der Waals surface area contributed by atoms with Gasteiger partial charge in [-0.15, -0.1) is 11.3 Å². The Morgan fingerprint density at radius 1 is 1.14 bits per heavy atom. The Morgan fingerprint density at radius 3 is 2.43 bits per heavy atom. The molecule has 0 aliphatic rings. The quantitative estimate of drug-likeness (QED) is 0.667. The molecule has 0 amide bonds. The molecule has 0 aliphatic carbocycles. The van der Waals surface area contributed by atoms with E-state index in [-0.39, 0.29) is 0 Å². The molecular formula is C18H26N2S. The molecular weight excluding hydrogens is 276 g/mol. The minimum Gasteiger partial charge on any atom is -0.378 e. The van der Waals surface area contributed by atoms with Gasteiger partial charge in [-0.3, -0.25) is 0 Å². The summed E-state index contributed by atoms with van der Waals surface area (Å²) in [5, 5.41) is 4.72. The lowest BCUT2D eigenvalue weighted by molar-refractivity contribution is 0.717. The molecule has 0 radical (unpaired) electrons.